The zero-order valence-electron chi connectivity index (χ0n) is 12.3. The fourth-order valence-corrected chi connectivity index (χ4v) is 1.95. The summed E-state index contributed by atoms with van der Waals surface area (Å²) >= 11 is 0. The lowest BCUT2D eigenvalue weighted by Gasteiger charge is -2.22. The number of nitrogens with zero attached hydrogens (tertiary/aromatic N) is 1. The molecule has 0 radical (unpaired) electrons. The summed E-state index contributed by atoms with van der Waals surface area (Å²) in [4.78, 5) is 24.8. The van der Waals surface area contributed by atoms with Crippen molar-refractivity contribution < 1.29 is 14.0 Å². The van der Waals surface area contributed by atoms with Gasteiger partial charge in [-0.25, -0.2) is 4.39 Å². The van der Waals surface area contributed by atoms with Gasteiger partial charge in [0.15, 0.2) is 0 Å². The summed E-state index contributed by atoms with van der Waals surface area (Å²) in [5, 5.41) is 2.46. The largest absolute Gasteiger partial charge is 0.346 e. The zero-order chi connectivity index (χ0) is 15.7. The molecule has 21 heavy (non-hydrogen) atoms. The van der Waals surface area contributed by atoms with E-state index in [9.17, 15) is 14.0 Å². The first kappa shape index (κ1) is 17.1. The normalized spacial score (nSPS) is 10.2. The maximum absolute atomic E-state index is 13.1. The van der Waals surface area contributed by atoms with E-state index in [1.165, 1.54) is 12.1 Å². The van der Waals surface area contributed by atoms with Crippen LogP contribution in [0.1, 0.15) is 18.9 Å². The number of amides is 2. The third kappa shape index (κ3) is 6.35. The first-order valence-corrected chi connectivity index (χ1v) is 7.05. The van der Waals surface area contributed by atoms with Gasteiger partial charge >= 0.3 is 0 Å². The van der Waals surface area contributed by atoms with Gasteiger partial charge in [0.1, 0.15) is 5.82 Å². The monoisotopic (exact) mass is 295 g/mol. The number of hydrogen-bond donors (Lipinski definition) is 2. The highest BCUT2D eigenvalue weighted by Crippen LogP contribution is 2.06. The number of carbonyl (C=O) groups is 2. The molecule has 5 nitrogen and oxygen atoms in total. The number of rotatable bonds is 8. The lowest BCUT2D eigenvalue weighted by atomic mass is 10.1. The summed E-state index contributed by atoms with van der Waals surface area (Å²) in [6.45, 7) is 2.88. The van der Waals surface area contributed by atoms with E-state index in [0.717, 1.165) is 12.0 Å². The Morgan fingerprint density at radius 3 is 2.71 bits per heavy atom. The summed E-state index contributed by atoms with van der Waals surface area (Å²) in [6, 6.07) is 6.33. The van der Waals surface area contributed by atoms with Crippen molar-refractivity contribution in [2.24, 2.45) is 5.73 Å². The fraction of sp³-hybridized carbons (Fsp3) is 0.467. The Balaban J connectivity index is 2.52. The molecule has 116 valence electrons. The van der Waals surface area contributed by atoms with E-state index in [1.807, 2.05) is 13.0 Å². The Labute approximate surface area is 124 Å². The third-order valence-electron chi connectivity index (χ3n) is 3.03. The van der Waals surface area contributed by atoms with Crippen LogP contribution in [0.15, 0.2) is 24.3 Å². The number of carbonyl (C=O) groups excluding carboxylic acids is 2. The average molecular weight is 295 g/mol. The molecular weight excluding hydrogens is 273 g/mol. The van der Waals surface area contributed by atoms with Gasteiger partial charge in [-0.15, -0.1) is 0 Å². The second-order valence-electron chi connectivity index (χ2n) is 4.74. The summed E-state index contributed by atoms with van der Waals surface area (Å²) in [5.74, 6) is -0.795. The van der Waals surface area contributed by atoms with Crippen molar-refractivity contribution in [1.82, 2.24) is 10.2 Å². The molecule has 0 saturated carbocycles. The first-order valence-electron chi connectivity index (χ1n) is 7.05. The predicted octanol–water partition coefficient (Wildman–Crippen LogP) is 0.682. The molecule has 1 rings (SSSR count). The minimum atomic E-state index is -0.357. The molecule has 0 aliphatic carbocycles. The maximum Gasteiger partial charge on any atom is 0.241 e. The molecule has 0 heterocycles. The molecule has 0 aliphatic rings. The minimum absolute atomic E-state index is 0.0564. The van der Waals surface area contributed by atoms with Crippen molar-refractivity contribution in [3.8, 4) is 0 Å². The molecule has 6 heteroatoms. The highest BCUT2D eigenvalue weighted by atomic mass is 19.1. The van der Waals surface area contributed by atoms with Crippen LogP contribution in [-0.4, -0.2) is 42.9 Å². The van der Waals surface area contributed by atoms with Crippen molar-refractivity contribution in [3.05, 3.63) is 35.6 Å². The van der Waals surface area contributed by atoms with E-state index in [1.54, 1.807) is 11.0 Å². The number of nitrogens with one attached hydrogen (secondary N) is 1. The van der Waals surface area contributed by atoms with E-state index in [-0.39, 0.29) is 30.7 Å². The van der Waals surface area contributed by atoms with Gasteiger partial charge in [0, 0.05) is 13.1 Å². The van der Waals surface area contributed by atoms with Gasteiger partial charge in [-0.05, 0) is 30.5 Å². The van der Waals surface area contributed by atoms with Gasteiger partial charge in [-0.2, -0.15) is 0 Å². The second-order valence-corrected chi connectivity index (χ2v) is 4.74. The van der Waals surface area contributed by atoms with Gasteiger partial charge in [-0.3, -0.25) is 9.59 Å². The number of benzene rings is 1. The molecule has 0 atom stereocenters. The highest BCUT2D eigenvalue weighted by Gasteiger charge is 2.13. The van der Waals surface area contributed by atoms with Crippen LogP contribution in [0, 0.1) is 5.82 Å². The molecule has 0 aromatic heterocycles. The van der Waals surface area contributed by atoms with Crippen molar-refractivity contribution in [2.75, 3.05) is 26.2 Å². The zero-order valence-corrected chi connectivity index (χ0v) is 12.3. The quantitative estimate of drug-likeness (QED) is 0.740. The van der Waals surface area contributed by atoms with Crippen LogP contribution in [0.25, 0.3) is 0 Å². The van der Waals surface area contributed by atoms with Crippen molar-refractivity contribution in [2.45, 2.75) is 19.8 Å². The molecule has 0 unspecified atom stereocenters. The molecule has 2 amide bonds. The Morgan fingerprint density at radius 2 is 2.10 bits per heavy atom. The van der Waals surface area contributed by atoms with Crippen LogP contribution >= 0.6 is 0 Å². The topological polar surface area (TPSA) is 75.4 Å². The molecule has 3 N–H and O–H groups in total. The maximum atomic E-state index is 13.1. The number of halogens is 1. The lowest BCUT2D eigenvalue weighted by Crippen LogP contribution is -2.43. The highest BCUT2D eigenvalue weighted by molar-refractivity contribution is 5.85. The Hall–Kier alpha value is -1.95. The van der Waals surface area contributed by atoms with E-state index >= 15 is 0 Å². The van der Waals surface area contributed by atoms with Crippen LogP contribution < -0.4 is 11.1 Å². The summed E-state index contributed by atoms with van der Waals surface area (Å²) in [5.41, 5.74) is 6.01. The standard InChI is InChI=1S/C15H22FN3O2/c1-2-7-19(15(21)11-18-14(20)10-17)8-6-12-4-3-5-13(16)9-12/h3-5,9H,2,6-8,10-11,17H2,1H3,(H,18,20). The van der Waals surface area contributed by atoms with Gasteiger partial charge in [-0.1, -0.05) is 19.1 Å². The van der Waals surface area contributed by atoms with Crippen LogP contribution in [0.3, 0.4) is 0 Å². The van der Waals surface area contributed by atoms with Crippen LogP contribution in [0.5, 0.6) is 0 Å². The fourth-order valence-electron chi connectivity index (χ4n) is 1.95. The molecule has 0 aliphatic heterocycles. The lowest BCUT2D eigenvalue weighted by molar-refractivity contribution is -0.132. The van der Waals surface area contributed by atoms with E-state index in [0.29, 0.717) is 19.5 Å². The summed E-state index contributed by atoms with van der Waals surface area (Å²) in [7, 11) is 0. The van der Waals surface area contributed by atoms with E-state index in [4.69, 9.17) is 5.73 Å². The SMILES string of the molecule is CCCN(CCc1cccc(F)c1)C(=O)CNC(=O)CN. The second kappa shape index (κ2) is 9.07. The van der Waals surface area contributed by atoms with Crippen molar-refractivity contribution in [3.63, 3.8) is 0 Å². The molecule has 0 spiro atoms. The Kier molecular flexibility index (Phi) is 7.39. The van der Waals surface area contributed by atoms with Crippen LogP contribution in [0.4, 0.5) is 4.39 Å². The number of nitrogens with two attached hydrogens (primary N) is 1. The van der Waals surface area contributed by atoms with Gasteiger partial charge in [0.25, 0.3) is 0 Å². The van der Waals surface area contributed by atoms with Gasteiger partial charge < -0.3 is 16.0 Å². The van der Waals surface area contributed by atoms with E-state index in [2.05, 4.69) is 5.32 Å². The molecule has 0 bridgehead atoms. The molecule has 0 fully saturated rings. The summed E-state index contributed by atoms with van der Waals surface area (Å²) in [6.07, 6.45) is 1.40. The third-order valence-corrected chi connectivity index (χ3v) is 3.03. The summed E-state index contributed by atoms with van der Waals surface area (Å²) < 4.78 is 13.1. The smallest absolute Gasteiger partial charge is 0.241 e. The Bertz CT molecular complexity index is 480. The number of hydrogen-bond acceptors (Lipinski definition) is 3. The van der Waals surface area contributed by atoms with E-state index < -0.39 is 0 Å². The molecule has 1 aromatic rings. The van der Waals surface area contributed by atoms with Crippen molar-refractivity contribution in [1.29, 1.82) is 0 Å². The molecule has 1 aromatic carbocycles. The minimum Gasteiger partial charge on any atom is -0.346 e. The van der Waals surface area contributed by atoms with Crippen LogP contribution in [0.2, 0.25) is 0 Å². The predicted molar refractivity (Wildman–Crippen MR) is 79.0 cm³/mol. The first-order chi connectivity index (χ1) is 10.1. The van der Waals surface area contributed by atoms with Gasteiger partial charge in [0.2, 0.25) is 11.8 Å². The molecular formula is C15H22FN3O2. The average Bonchev–Trinajstić information content (AvgIpc) is 2.48. The Morgan fingerprint density at radius 1 is 1.33 bits per heavy atom. The van der Waals surface area contributed by atoms with Crippen LogP contribution in [-0.2, 0) is 16.0 Å². The van der Waals surface area contributed by atoms with Crippen molar-refractivity contribution >= 4 is 11.8 Å². The molecule has 0 saturated heterocycles. The van der Waals surface area contributed by atoms with Gasteiger partial charge in [0.05, 0.1) is 13.1 Å².